The molecule has 1 aromatic rings. The number of nitrogens with two attached hydrogens (primary N) is 1. The molecule has 0 amide bonds. The highest BCUT2D eigenvalue weighted by atomic mass is 19.1. The fourth-order valence-electron chi connectivity index (χ4n) is 3.06. The summed E-state index contributed by atoms with van der Waals surface area (Å²) in [5, 5.41) is 3.24. The van der Waals surface area contributed by atoms with Crippen LogP contribution < -0.4 is 15.8 Å². The van der Waals surface area contributed by atoms with Gasteiger partial charge in [-0.2, -0.15) is 0 Å². The monoisotopic (exact) mass is 307 g/mol. The molecule has 1 aliphatic heterocycles. The first-order valence-corrected chi connectivity index (χ1v) is 7.80. The van der Waals surface area contributed by atoms with Gasteiger partial charge in [0.2, 0.25) is 0 Å². The van der Waals surface area contributed by atoms with Gasteiger partial charge in [-0.25, -0.2) is 4.39 Å². The fourth-order valence-corrected chi connectivity index (χ4v) is 3.06. The van der Waals surface area contributed by atoms with Crippen LogP contribution in [-0.2, 0) is 17.8 Å². The molecule has 3 rings (SSSR count). The highest BCUT2D eigenvalue weighted by Crippen LogP contribution is 2.29. The molecular formula is C16H22FN3O2. The second kappa shape index (κ2) is 6.96. The van der Waals surface area contributed by atoms with Crippen LogP contribution in [0.2, 0.25) is 0 Å². The van der Waals surface area contributed by atoms with E-state index in [1.165, 1.54) is 25.0 Å². The number of guanidine groups is 1. The van der Waals surface area contributed by atoms with Crippen molar-refractivity contribution in [3.8, 4) is 5.75 Å². The molecule has 6 heteroatoms. The van der Waals surface area contributed by atoms with E-state index in [4.69, 9.17) is 15.2 Å². The molecule has 0 atom stereocenters. The fraction of sp³-hybridized carbons (Fsp3) is 0.562. The smallest absolute Gasteiger partial charge is 0.189 e. The van der Waals surface area contributed by atoms with Gasteiger partial charge >= 0.3 is 0 Å². The minimum Gasteiger partial charge on any atom is -0.467 e. The van der Waals surface area contributed by atoms with E-state index < -0.39 is 0 Å². The predicted molar refractivity (Wildman–Crippen MR) is 82.3 cm³/mol. The number of hydrogen-bond donors (Lipinski definition) is 2. The molecule has 0 radical (unpaired) electrons. The second-order valence-electron chi connectivity index (χ2n) is 5.81. The maximum atomic E-state index is 13.6. The van der Waals surface area contributed by atoms with Crippen LogP contribution in [0.15, 0.2) is 17.1 Å². The molecule has 3 N–H and O–H groups in total. The first-order chi connectivity index (χ1) is 10.7. The van der Waals surface area contributed by atoms with Gasteiger partial charge in [0.05, 0.1) is 6.61 Å². The Hall–Kier alpha value is -1.82. The molecule has 1 aliphatic carbocycles. The highest BCUT2D eigenvalue weighted by molar-refractivity contribution is 5.78. The Labute approximate surface area is 129 Å². The third-order valence-corrected chi connectivity index (χ3v) is 4.12. The summed E-state index contributed by atoms with van der Waals surface area (Å²) in [5.41, 5.74) is 7.47. The molecule has 0 saturated heterocycles. The lowest BCUT2D eigenvalue weighted by molar-refractivity contribution is -0.0172. The van der Waals surface area contributed by atoms with E-state index in [1.54, 1.807) is 0 Å². The molecule has 5 nitrogen and oxygen atoms in total. The topological polar surface area (TPSA) is 68.9 Å². The lowest BCUT2D eigenvalue weighted by atomic mass is 10.1. The summed E-state index contributed by atoms with van der Waals surface area (Å²) in [7, 11) is 0. The van der Waals surface area contributed by atoms with Crippen LogP contribution in [0.5, 0.6) is 5.75 Å². The zero-order valence-corrected chi connectivity index (χ0v) is 12.6. The van der Waals surface area contributed by atoms with Crippen molar-refractivity contribution in [2.24, 2.45) is 10.7 Å². The van der Waals surface area contributed by atoms with Gasteiger partial charge in [0.25, 0.3) is 0 Å². The Morgan fingerprint density at radius 3 is 3.00 bits per heavy atom. The molecule has 1 saturated carbocycles. The van der Waals surface area contributed by atoms with Crippen LogP contribution in [0.3, 0.4) is 0 Å². The average Bonchev–Trinajstić information content (AvgIpc) is 3.00. The van der Waals surface area contributed by atoms with Crippen molar-refractivity contribution in [1.29, 1.82) is 0 Å². The maximum Gasteiger partial charge on any atom is 0.189 e. The predicted octanol–water partition coefficient (Wildman–Crippen LogP) is 2.08. The first kappa shape index (κ1) is 15.1. The first-order valence-electron chi connectivity index (χ1n) is 7.80. The zero-order valence-electron chi connectivity index (χ0n) is 12.6. The quantitative estimate of drug-likeness (QED) is 0.660. The van der Waals surface area contributed by atoms with E-state index in [1.807, 2.05) is 0 Å². The number of aliphatic imine (C=N–C) groups is 1. The van der Waals surface area contributed by atoms with Crippen molar-refractivity contribution < 1.29 is 13.9 Å². The molecule has 0 aromatic heterocycles. The molecule has 1 aromatic carbocycles. The Kier molecular flexibility index (Phi) is 4.77. The molecule has 120 valence electrons. The van der Waals surface area contributed by atoms with E-state index in [0.29, 0.717) is 31.6 Å². The Morgan fingerprint density at radius 1 is 1.36 bits per heavy atom. The molecule has 1 heterocycles. The minimum atomic E-state index is -0.274. The third kappa shape index (κ3) is 3.68. The minimum absolute atomic E-state index is 0.209. The van der Waals surface area contributed by atoms with Crippen molar-refractivity contribution in [2.75, 3.05) is 13.3 Å². The van der Waals surface area contributed by atoms with Crippen molar-refractivity contribution in [3.63, 3.8) is 0 Å². The van der Waals surface area contributed by atoms with Gasteiger partial charge < -0.3 is 20.5 Å². The molecule has 1 fully saturated rings. The lowest BCUT2D eigenvalue weighted by Gasteiger charge is -2.20. The summed E-state index contributed by atoms with van der Waals surface area (Å²) < 4.78 is 24.3. The number of ether oxygens (including phenoxy) is 2. The Balaban J connectivity index is 1.60. The number of benzene rings is 1. The van der Waals surface area contributed by atoms with Crippen LogP contribution in [0.1, 0.15) is 36.8 Å². The molecule has 22 heavy (non-hydrogen) atoms. The lowest BCUT2D eigenvalue weighted by Crippen LogP contribution is -2.38. The van der Waals surface area contributed by atoms with E-state index >= 15 is 0 Å². The molecule has 0 bridgehead atoms. The molecule has 0 unspecified atom stereocenters. The van der Waals surface area contributed by atoms with Crippen molar-refractivity contribution in [1.82, 2.24) is 5.32 Å². The van der Waals surface area contributed by atoms with Crippen molar-refractivity contribution >= 4 is 5.96 Å². The number of hydrogen-bond acceptors (Lipinski definition) is 3. The number of halogens is 1. The molecule has 2 aliphatic rings. The number of nitrogens with one attached hydrogen (secondary N) is 1. The summed E-state index contributed by atoms with van der Waals surface area (Å²) in [4.78, 5) is 4.34. The SMILES string of the molecule is NC(=NCCc1cc(F)cc2c1OCOC2)NC1CCCC1. The molecular weight excluding hydrogens is 285 g/mol. The highest BCUT2D eigenvalue weighted by Gasteiger charge is 2.17. The van der Waals surface area contributed by atoms with E-state index in [-0.39, 0.29) is 12.6 Å². The maximum absolute atomic E-state index is 13.6. The summed E-state index contributed by atoms with van der Waals surface area (Å²) >= 11 is 0. The van der Waals surface area contributed by atoms with Crippen LogP contribution in [0, 0.1) is 5.82 Å². The van der Waals surface area contributed by atoms with Crippen molar-refractivity contribution in [3.05, 3.63) is 29.1 Å². The van der Waals surface area contributed by atoms with Gasteiger partial charge in [0.15, 0.2) is 12.8 Å². The van der Waals surface area contributed by atoms with Gasteiger partial charge in [0.1, 0.15) is 11.6 Å². The largest absolute Gasteiger partial charge is 0.467 e. The molecule has 0 spiro atoms. The van der Waals surface area contributed by atoms with Gasteiger partial charge in [0, 0.05) is 18.2 Å². The van der Waals surface area contributed by atoms with Gasteiger partial charge in [-0.15, -0.1) is 0 Å². The van der Waals surface area contributed by atoms with E-state index in [9.17, 15) is 4.39 Å². The van der Waals surface area contributed by atoms with E-state index in [2.05, 4.69) is 10.3 Å². The Morgan fingerprint density at radius 2 is 2.18 bits per heavy atom. The van der Waals surface area contributed by atoms with Gasteiger partial charge in [-0.05, 0) is 37.0 Å². The summed E-state index contributed by atoms with van der Waals surface area (Å²) in [6.07, 6.45) is 5.40. The zero-order chi connectivity index (χ0) is 15.4. The number of rotatable bonds is 4. The summed E-state index contributed by atoms with van der Waals surface area (Å²) in [5.74, 6) is 0.926. The van der Waals surface area contributed by atoms with Crippen LogP contribution in [0.25, 0.3) is 0 Å². The standard InChI is InChI=1S/C16H22FN3O2/c17-13-7-11(15-12(8-13)9-21-10-22-15)5-6-19-16(18)20-14-3-1-2-4-14/h7-8,14H,1-6,9-10H2,(H3,18,19,20). The van der Waals surface area contributed by atoms with Crippen LogP contribution >= 0.6 is 0 Å². The Bertz CT molecular complexity index is 557. The summed E-state index contributed by atoms with van der Waals surface area (Å²) in [6, 6.07) is 3.41. The number of fused-ring (bicyclic) bond motifs is 1. The van der Waals surface area contributed by atoms with E-state index in [0.717, 1.165) is 29.7 Å². The summed E-state index contributed by atoms with van der Waals surface area (Å²) in [6.45, 7) is 1.10. The number of nitrogens with zero attached hydrogens (tertiary/aromatic N) is 1. The van der Waals surface area contributed by atoms with Crippen molar-refractivity contribution in [2.45, 2.75) is 44.8 Å². The van der Waals surface area contributed by atoms with Crippen LogP contribution in [-0.4, -0.2) is 25.3 Å². The van der Waals surface area contributed by atoms with Gasteiger partial charge in [-0.1, -0.05) is 12.8 Å². The average molecular weight is 307 g/mol. The van der Waals surface area contributed by atoms with Crippen LogP contribution in [0.4, 0.5) is 4.39 Å². The second-order valence-corrected chi connectivity index (χ2v) is 5.81. The van der Waals surface area contributed by atoms with Gasteiger partial charge in [-0.3, -0.25) is 4.99 Å². The normalized spacial score (nSPS) is 18.9. The third-order valence-electron chi connectivity index (χ3n) is 4.12.